The predicted molar refractivity (Wildman–Crippen MR) is 78.1 cm³/mol. The van der Waals surface area contributed by atoms with Crippen molar-refractivity contribution in [1.29, 1.82) is 0 Å². The van der Waals surface area contributed by atoms with Crippen molar-refractivity contribution < 1.29 is 0 Å². The number of anilines is 1. The van der Waals surface area contributed by atoms with Crippen LogP contribution in [-0.2, 0) is 6.54 Å². The lowest BCUT2D eigenvalue weighted by molar-refractivity contribution is 0.866. The van der Waals surface area contributed by atoms with Crippen molar-refractivity contribution >= 4 is 28.6 Å². The van der Waals surface area contributed by atoms with Gasteiger partial charge in [-0.25, -0.2) is 0 Å². The first-order valence-corrected chi connectivity index (χ1v) is 6.40. The van der Waals surface area contributed by atoms with Crippen molar-refractivity contribution in [1.82, 2.24) is 20.2 Å². The van der Waals surface area contributed by atoms with Crippen LogP contribution in [0.15, 0.2) is 35.3 Å². The number of nitrogens with zero attached hydrogens (tertiary/aromatic N) is 3. The first-order valence-electron chi connectivity index (χ1n) is 6.02. The number of benzene rings is 1. The van der Waals surface area contributed by atoms with E-state index in [0.717, 1.165) is 5.56 Å². The largest absolute Gasteiger partial charge is 0.341 e. The van der Waals surface area contributed by atoms with Crippen LogP contribution in [0.3, 0.4) is 0 Å². The number of H-pyrrole nitrogens is 2. The zero-order valence-electron chi connectivity index (χ0n) is 10.7. The molecule has 0 fully saturated rings. The SMILES string of the molecule is CN(Cc1ccc(Cl)cc1)c1nc2[nH]ncc2c(=O)[nH]1. The van der Waals surface area contributed by atoms with Crippen LogP contribution in [0.5, 0.6) is 0 Å². The Morgan fingerprint density at radius 1 is 1.30 bits per heavy atom. The monoisotopic (exact) mass is 289 g/mol. The average Bonchev–Trinajstić information content (AvgIpc) is 2.90. The summed E-state index contributed by atoms with van der Waals surface area (Å²) in [6, 6.07) is 7.54. The van der Waals surface area contributed by atoms with E-state index in [9.17, 15) is 4.79 Å². The summed E-state index contributed by atoms with van der Waals surface area (Å²) < 4.78 is 0. The number of nitrogens with one attached hydrogen (secondary N) is 2. The molecule has 0 spiro atoms. The molecule has 0 unspecified atom stereocenters. The van der Waals surface area contributed by atoms with Gasteiger partial charge in [-0.3, -0.25) is 14.9 Å². The van der Waals surface area contributed by atoms with Crippen LogP contribution in [0.2, 0.25) is 5.02 Å². The summed E-state index contributed by atoms with van der Waals surface area (Å²) in [5, 5.41) is 7.67. The molecule has 2 N–H and O–H groups in total. The lowest BCUT2D eigenvalue weighted by Crippen LogP contribution is -2.22. The van der Waals surface area contributed by atoms with Gasteiger partial charge in [-0.2, -0.15) is 10.1 Å². The Bertz CT molecular complexity index is 792. The van der Waals surface area contributed by atoms with Crippen molar-refractivity contribution in [2.75, 3.05) is 11.9 Å². The van der Waals surface area contributed by atoms with Gasteiger partial charge in [0, 0.05) is 18.6 Å². The standard InChI is InChI=1S/C13H12ClN5O/c1-19(7-8-2-4-9(14)5-3-8)13-16-11-10(6-15-18-11)12(20)17-13/h2-6H,7H2,1H3,(H2,15,16,17,18,20). The van der Waals surface area contributed by atoms with Gasteiger partial charge in [-0.1, -0.05) is 23.7 Å². The highest BCUT2D eigenvalue weighted by atomic mass is 35.5. The molecular weight excluding hydrogens is 278 g/mol. The maximum Gasteiger partial charge on any atom is 0.263 e. The second-order valence-corrected chi connectivity index (χ2v) is 4.94. The molecule has 1 aromatic carbocycles. The maximum absolute atomic E-state index is 11.9. The normalized spacial score (nSPS) is 10.9. The molecule has 20 heavy (non-hydrogen) atoms. The Morgan fingerprint density at radius 3 is 2.80 bits per heavy atom. The van der Waals surface area contributed by atoms with E-state index in [0.29, 0.717) is 28.5 Å². The van der Waals surface area contributed by atoms with E-state index in [-0.39, 0.29) is 5.56 Å². The van der Waals surface area contributed by atoms with Gasteiger partial charge in [0.2, 0.25) is 5.95 Å². The van der Waals surface area contributed by atoms with Crippen molar-refractivity contribution in [2.45, 2.75) is 6.54 Å². The molecule has 0 aliphatic rings. The van der Waals surface area contributed by atoms with E-state index in [4.69, 9.17) is 11.6 Å². The topological polar surface area (TPSA) is 77.7 Å². The van der Waals surface area contributed by atoms with Gasteiger partial charge in [-0.15, -0.1) is 0 Å². The summed E-state index contributed by atoms with van der Waals surface area (Å²) in [6.07, 6.45) is 1.46. The second kappa shape index (κ2) is 4.97. The minimum absolute atomic E-state index is 0.207. The number of hydrogen-bond donors (Lipinski definition) is 2. The number of hydrogen-bond acceptors (Lipinski definition) is 4. The van der Waals surface area contributed by atoms with Crippen molar-refractivity contribution in [3.8, 4) is 0 Å². The summed E-state index contributed by atoms with van der Waals surface area (Å²) in [4.78, 5) is 20.8. The van der Waals surface area contributed by atoms with Crippen molar-refractivity contribution in [3.63, 3.8) is 0 Å². The number of aromatic amines is 2. The first kappa shape index (κ1) is 12.7. The fourth-order valence-corrected chi connectivity index (χ4v) is 2.08. The number of rotatable bonds is 3. The highest BCUT2D eigenvalue weighted by Crippen LogP contribution is 2.14. The Morgan fingerprint density at radius 2 is 2.05 bits per heavy atom. The summed E-state index contributed by atoms with van der Waals surface area (Å²) in [5.41, 5.74) is 1.35. The Balaban J connectivity index is 1.90. The third-order valence-corrected chi connectivity index (χ3v) is 3.25. The van der Waals surface area contributed by atoms with Crippen LogP contribution < -0.4 is 10.5 Å². The molecule has 0 amide bonds. The van der Waals surface area contributed by atoms with E-state index in [1.54, 1.807) is 0 Å². The highest BCUT2D eigenvalue weighted by Gasteiger charge is 2.09. The van der Waals surface area contributed by atoms with E-state index in [1.807, 2.05) is 36.2 Å². The fraction of sp³-hybridized carbons (Fsp3) is 0.154. The lowest BCUT2D eigenvalue weighted by Gasteiger charge is -2.17. The summed E-state index contributed by atoms with van der Waals surface area (Å²) in [6.45, 7) is 0.611. The number of fused-ring (bicyclic) bond motifs is 1. The van der Waals surface area contributed by atoms with Gasteiger partial charge >= 0.3 is 0 Å². The predicted octanol–water partition coefficient (Wildman–Crippen LogP) is 1.94. The van der Waals surface area contributed by atoms with Gasteiger partial charge in [-0.05, 0) is 17.7 Å². The molecule has 0 saturated heterocycles. The molecule has 2 aromatic heterocycles. The Kier molecular flexibility index (Phi) is 3.15. The van der Waals surface area contributed by atoms with E-state index in [2.05, 4.69) is 20.2 Å². The number of halogens is 1. The molecule has 0 bridgehead atoms. The number of aromatic nitrogens is 4. The van der Waals surface area contributed by atoms with Crippen molar-refractivity contribution in [2.24, 2.45) is 0 Å². The smallest absolute Gasteiger partial charge is 0.263 e. The van der Waals surface area contributed by atoms with E-state index >= 15 is 0 Å². The van der Waals surface area contributed by atoms with Gasteiger partial charge in [0.05, 0.1) is 6.20 Å². The third kappa shape index (κ3) is 2.37. The van der Waals surface area contributed by atoms with Crippen LogP contribution in [0.4, 0.5) is 5.95 Å². The summed E-state index contributed by atoms with van der Waals surface area (Å²) in [7, 11) is 1.86. The maximum atomic E-state index is 11.9. The van der Waals surface area contributed by atoms with Gasteiger partial charge in [0.1, 0.15) is 5.39 Å². The zero-order valence-corrected chi connectivity index (χ0v) is 11.5. The van der Waals surface area contributed by atoms with Crippen LogP contribution in [0, 0.1) is 0 Å². The second-order valence-electron chi connectivity index (χ2n) is 4.50. The molecule has 0 atom stereocenters. The molecule has 0 aliphatic heterocycles. The molecule has 3 rings (SSSR count). The minimum atomic E-state index is -0.207. The van der Waals surface area contributed by atoms with Gasteiger partial charge in [0.25, 0.3) is 5.56 Å². The fourth-order valence-electron chi connectivity index (χ4n) is 1.95. The lowest BCUT2D eigenvalue weighted by atomic mass is 10.2. The highest BCUT2D eigenvalue weighted by molar-refractivity contribution is 6.30. The molecule has 6 nitrogen and oxygen atoms in total. The molecule has 2 heterocycles. The van der Waals surface area contributed by atoms with Crippen LogP contribution in [0.25, 0.3) is 11.0 Å². The summed E-state index contributed by atoms with van der Waals surface area (Å²) >= 11 is 5.85. The third-order valence-electron chi connectivity index (χ3n) is 3.00. The van der Waals surface area contributed by atoms with Gasteiger partial charge in [0.15, 0.2) is 5.65 Å². The van der Waals surface area contributed by atoms with Crippen LogP contribution >= 0.6 is 11.6 Å². The van der Waals surface area contributed by atoms with Crippen LogP contribution in [0.1, 0.15) is 5.56 Å². The Hall–Kier alpha value is -2.34. The first-order chi connectivity index (χ1) is 9.63. The van der Waals surface area contributed by atoms with E-state index in [1.165, 1.54) is 6.20 Å². The van der Waals surface area contributed by atoms with E-state index < -0.39 is 0 Å². The average molecular weight is 290 g/mol. The quantitative estimate of drug-likeness (QED) is 0.772. The molecule has 0 saturated carbocycles. The molecular formula is C13H12ClN5O. The Labute approximate surface area is 119 Å². The summed E-state index contributed by atoms with van der Waals surface area (Å²) in [5.74, 6) is 0.488. The molecule has 0 aliphatic carbocycles. The minimum Gasteiger partial charge on any atom is -0.341 e. The molecule has 102 valence electrons. The molecule has 7 heteroatoms. The molecule has 3 aromatic rings. The molecule has 0 radical (unpaired) electrons. The zero-order chi connectivity index (χ0) is 14.1. The van der Waals surface area contributed by atoms with Crippen LogP contribution in [-0.4, -0.2) is 27.2 Å². The van der Waals surface area contributed by atoms with Gasteiger partial charge < -0.3 is 4.90 Å². The van der Waals surface area contributed by atoms with Crippen molar-refractivity contribution in [3.05, 3.63) is 51.4 Å².